The number of nitrogens with zero attached hydrogens (tertiary/aromatic N) is 1. The zero-order valence-electron chi connectivity index (χ0n) is 12.6. The van der Waals surface area contributed by atoms with Gasteiger partial charge in [-0.3, -0.25) is 0 Å². The first-order valence-electron chi connectivity index (χ1n) is 7.65. The van der Waals surface area contributed by atoms with Gasteiger partial charge >= 0.3 is 6.09 Å². The van der Waals surface area contributed by atoms with Gasteiger partial charge in [-0.1, -0.05) is 43.7 Å². The Morgan fingerprint density at radius 3 is 2.52 bits per heavy atom. The molecule has 1 aromatic carbocycles. The second-order valence-corrected chi connectivity index (χ2v) is 5.59. The number of benzene rings is 1. The van der Waals surface area contributed by atoms with Crippen molar-refractivity contribution in [3.05, 3.63) is 35.9 Å². The fourth-order valence-electron chi connectivity index (χ4n) is 2.73. The van der Waals surface area contributed by atoms with E-state index in [-0.39, 0.29) is 6.09 Å². The number of hydrogen-bond acceptors (Lipinski definition) is 3. The van der Waals surface area contributed by atoms with Crippen LogP contribution in [0.2, 0.25) is 0 Å². The third-order valence-corrected chi connectivity index (χ3v) is 4.21. The van der Waals surface area contributed by atoms with Crippen molar-refractivity contribution in [3.63, 3.8) is 0 Å². The van der Waals surface area contributed by atoms with E-state index in [1.165, 1.54) is 0 Å². The van der Waals surface area contributed by atoms with Crippen LogP contribution in [0.15, 0.2) is 30.3 Å². The van der Waals surface area contributed by atoms with E-state index >= 15 is 0 Å². The van der Waals surface area contributed by atoms with E-state index in [1.54, 1.807) is 4.90 Å². The Balaban J connectivity index is 1.95. The number of unbranched alkanes of at least 4 members (excludes halogenated alkanes) is 1. The molecule has 114 valence electrons. The highest BCUT2D eigenvalue weighted by Gasteiger charge is 2.37. The molecule has 4 heteroatoms. The highest BCUT2D eigenvalue weighted by atomic mass is 16.6. The SMILES string of the molecule is CCCCOC(=O)N1CCC(C=O)(c2ccccc2)CC1. The lowest BCUT2D eigenvalue weighted by atomic mass is 9.74. The predicted octanol–water partition coefficient (Wildman–Crippen LogP) is 3.16. The molecule has 0 atom stereocenters. The van der Waals surface area contributed by atoms with Crippen molar-refractivity contribution in [2.24, 2.45) is 0 Å². The first-order valence-corrected chi connectivity index (χ1v) is 7.65. The lowest BCUT2D eigenvalue weighted by molar-refractivity contribution is -0.114. The largest absolute Gasteiger partial charge is 0.449 e. The molecule has 1 saturated heterocycles. The molecular weight excluding hydrogens is 266 g/mol. The Hall–Kier alpha value is -1.84. The number of amides is 1. The maximum Gasteiger partial charge on any atom is 0.409 e. The quantitative estimate of drug-likeness (QED) is 0.618. The van der Waals surface area contributed by atoms with Gasteiger partial charge < -0.3 is 14.4 Å². The summed E-state index contributed by atoms with van der Waals surface area (Å²) in [6, 6.07) is 9.83. The van der Waals surface area contributed by atoms with E-state index in [0.717, 1.165) is 24.7 Å². The van der Waals surface area contributed by atoms with Crippen molar-refractivity contribution in [2.45, 2.75) is 38.0 Å². The zero-order chi connectivity index (χ0) is 15.1. The average Bonchev–Trinajstić information content (AvgIpc) is 2.56. The summed E-state index contributed by atoms with van der Waals surface area (Å²) < 4.78 is 5.23. The first-order chi connectivity index (χ1) is 10.2. The summed E-state index contributed by atoms with van der Waals surface area (Å²) in [6.45, 7) is 3.67. The smallest absolute Gasteiger partial charge is 0.409 e. The molecule has 0 saturated carbocycles. The second-order valence-electron chi connectivity index (χ2n) is 5.59. The number of hydrogen-bond donors (Lipinski definition) is 0. The predicted molar refractivity (Wildman–Crippen MR) is 81.2 cm³/mol. The molecule has 1 heterocycles. The average molecular weight is 289 g/mol. The van der Waals surface area contributed by atoms with Crippen LogP contribution in [-0.2, 0) is 14.9 Å². The van der Waals surface area contributed by atoms with Crippen molar-refractivity contribution in [3.8, 4) is 0 Å². The Kier molecular flexibility index (Phi) is 5.37. The van der Waals surface area contributed by atoms with Gasteiger partial charge in [0.1, 0.15) is 6.29 Å². The lowest BCUT2D eigenvalue weighted by Crippen LogP contribution is -2.46. The molecule has 2 rings (SSSR count). The van der Waals surface area contributed by atoms with Gasteiger partial charge in [-0.2, -0.15) is 0 Å². The molecule has 4 nitrogen and oxygen atoms in total. The summed E-state index contributed by atoms with van der Waals surface area (Å²) in [5.41, 5.74) is 0.584. The minimum Gasteiger partial charge on any atom is -0.449 e. The zero-order valence-corrected chi connectivity index (χ0v) is 12.6. The molecule has 1 fully saturated rings. The molecule has 1 aliphatic rings. The van der Waals surface area contributed by atoms with Crippen molar-refractivity contribution in [1.29, 1.82) is 0 Å². The molecule has 0 spiro atoms. The topological polar surface area (TPSA) is 46.6 Å². The number of ether oxygens (including phenoxy) is 1. The second kappa shape index (κ2) is 7.25. The lowest BCUT2D eigenvalue weighted by Gasteiger charge is -2.38. The van der Waals surface area contributed by atoms with Crippen molar-refractivity contribution >= 4 is 12.4 Å². The standard InChI is InChI=1S/C17H23NO3/c1-2-3-13-21-16(20)18-11-9-17(14-19,10-12-18)15-7-5-4-6-8-15/h4-8,14H,2-3,9-13H2,1H3. The normalized spacial score (nSPS) is 17.3. The van der Waals surface area contributed by atoms with Gasteiger partial charge in [-0.15, -0.1) is 0 Å². The van der Waals surface area contributed by atoms with E-state index in [0.29, 0.717) is 32.5 Å². The van der Waals surface area contributed by atoms with Gasteiger partial charge in [0.15, 0.2) is 0 Å². The van der Waals surface area contributed by atoms with Gasteiger partial charge in [0.25, 0.3) is 0 Å². The number of rotatable bonds is 5. The Labute approximate surface area is 126 Å². The molecule has 0 N–H and O–H groups in total. The van der Waals surface area contributed by atoms with Crippen molar-refractivity contribution in [2.75, 3.05) is 19.7 Å². The third-order valence-electron chi connectivity index (χ3n) is 4.21. The van der Waals surface area contributed by atoms with Crippen molar-refractivity contribution < 1.29 is 14.3 Å². The number of aldehydes is 1. The maximum absolute atomic E-state index is 11.9. The van der Waals surface area contributed by atoms with Crippen LogP contribution in [0.4, 0.5) is 4.79 Å². The van der Waals surface area contributed by atoms with E-state index in [4.69, 9.17) is 4.74 Å². The molecule has 0 bridgehead atoms. The maximum atomic E-state index is 11.9. The summed E-state index contributed by atoms with van der Waals surface area (Å²) in [5.74, 6) is 0. The molecule has 0 radical (unpaired) electrons. The summed E-state index contributed by atoms with van der Waals surface area (Å²) in [7, 11) is 0. The minimum atomic E-state index is -0.457. The number of likely N-dealkylation sites (tertiary alicyclic amines) is 1. The van der Waals surface area contributed by atoms with Crippen LogP contribution in [0.3, 0.4) is 0 Å². The highest BCUT2D eigenvalue weighted by molar-refractivity contribution is 5.71. The molecule has 21 heavy (non-hydrogen) atoms. The van der Waals surface area contributed by atoms with Gasteiger partial charge in [-0.05, 0) is 24.8 Å². The van der Waals surface area contributed by atoms with E-state index in [2.05, 4.69) is 6.92 Å². The van der Waals surface area contributed by atoms with E-state index in [9.17, 15) is 9.59 Å². The molecule has 1 amide bonds. The summed E-state index contributed by atoms with van der Waals surface area (Å²) in [5, 5.41) is 0. The van der Waals surface area contributed by atoms with Crippen molar-refractivity contribution in [1.82, 2.24) is 4.90 Å². The molecular formula is C17H23NO3. The molecule has 0 unspecified atom stereocenters. The van der Waals surface area contributed by atoms with Crippen LogP contribution < -0.4 is 0 Å². The van der Waals surface area contributed by atoms with Crippen LogP contribution in [0.5, 0.6) is 0 Å². The van der Waals surface area contributed by atoms with Crippen LogP contribution in [0.25, 0.3) is 0 Å². The molecule has 0 aliphatic carbocycles. The van der Waals surface area contributed by atoms with Gasteiger partial charge in [0, 0.05) is 13.1 Å². The molecule has 1 aromatic rings. The van der Waals surface area contributed by atoms with Gasteiger partial charge in [0.05, 0.1) is 12.0 Å². The van der Waals surface area contributed by atoms with Gasteiger partial charge in [-0.25, -0.2) is 4.79 Å². The van der Waals surface area contributed by atoms with E-state index in [1.807, 2.05) is 30.3 Å². The molecule has 1 aliphatic heterocycles. The Morgan fingerprint density at radius 1 is 1.29 bits per heavy atom. The minimum absolute atomic E-state index is 0.254. The van der Waals surface area contributed by atoms with Crippen LogP contribution in [0, 0.1) is 0 Å². The summed E-state index contributed by atoms with van der Waals surface area (Å²) in [6.07, 6.45) is 4.00. The Morgan fingerprint density at radius 2 is 1.95 bits per heavy atom. The monoisotopic (exact) mass is 289 g/mol. The number of carbonyl (C=O) groups excluding carboxylic acids is 2. The summed E-state index contributed by atoms with van der Waals surface area (Å²) >= 11 is 0. The number of carbonyl (C=O) groups is 2. The summed E-state index contributed by atoms with van der Waals surface area (Å²) in [4.78, 5) is 25.3. The fourth-order valence-corrected chi connectivity index (χ4v) is 2.73. The van der Waals surface area contributed by atoms with Crippen LogP contribution >= 0.6 is 0 Å². The van der Waals surface area contributed by atoms with E-state index < -0.39 is 5.41 Å². The highest BCUT2D eigenvalue weighted by Crippen LogP contribution is 2.33. The first kappa shape index (κ1) is 15.5. The van der Waals surface area contributed by atoms with Gasteiger partial charge in [0.2, 0.25) is 0 Å². The van der Waals surface area contributed by atoms with Crippen LogP contribution in [0.1, 0.15) is 38.2 Å². The number of piperidine rings is 1. The third kappa shape index (κ3) is 3.63. The van der Waals surface area contributed by atoms with Crippen LogP contribution in [-0.4, -0.2) is 37.0 Å². The Bertz CT molecular complexity index is 464. The fraction of sp³-hybridized carbons (Fsp3) is 0.529. The molecule has 0 aromatic heterocycles.